The van der Waals surface area contributed by atoms with E-state index in [-0.39, 0.29) is 17.6 Å². The summed E-state index contributed by atoms with van der Waals surface area (Å²) in [6, 6.07) is 11.3. The molecule has 3 heterocycles. The van der Waals surface area contributed by atoms with E-state index in [0.717, 1.165) is 41.8 Å². The van der Waals surface area contributed by atoms with Crippen molar-refractivity contribution >= 4 is 17.5 Å². The minimum absolute atomic E-state index is 0.269. The lowest BCUT2D eigenvalue weighted by Crippen LogP contribution is -2.25. The van der Waals surface area contributed by atoms with Gasteiger partial charge in [0.25, 0.3) is 11.8 Å². The summed E-state index contributed by atoms with van der Waals surface area (Å²) in [6.45, 7) is 2.99. The molecule has 29 heavy (non-hydrogen) atoms. The molecule has 1 aliphatic rings. The van der Waals surface area contributed by atoms with E-state index in [9.17, 15) is 9.59 Å². The van der Waals surface area contributed by atoms with Gasteiger partial charge in [-0.2, -0.15) is 0 Å². The Morgan fingerprint density at radius 2 is 1.97 bits per heavy atom. The molecule has 4 rings (SSSR count). The number of imidazole rings is 1. The third-order valence-corrected chi connectivity index (χ3v) is 5.11. The van der Waals surface area contributed by atoms with Crippen molar-refractivity contribution in [2.75, 3.05) is 5.32 Å². The van der Waals surface area contributed by atoms with Crippen molar-refractivity contribution in [2.24, 2.45) is 0 Å². The van der Waals surface area contributed by atoms with E-state index in [1.807, 2.05) is 47.9 Å². The van der Waals surface area contributed by atoms with E-state index < -0.39 is 0 Å². The standard InChI is InChI=1S/C22H23N5O2/c1-15-7-2-3-9-17(15)25-22(29)20-26-19(18-10-4-5-12-27(18)20)21(28)24-14-16-8-6-11-23-13-16/h2-3,6-9,11,13H,4-5,10,12,14H2,1H3,(H,24,28)(H,25,29). The zero-order valence-corrected chi connectivity index (χ0v) is 16.3. The molecule has 0 aliphatic carbocycles. The van der Waals surface area contributed by atoms with Crippen LogP contribution in [0.5, 0.6) is 0 Å². The molecule has 0 radical (unpaired) electrons. The molecule has 0 saturated heterocycles. The predicted octanol–water partition coefficient (Wildman–Crippen LogP) is 3.11. The Morgan fingerprint density at radius 1 is 1.10 bits per heavy atom. The highest BCUT2D eigenvalue weighted by Gasteiger charge is 2.27. The maximum absolute atomic E-state index is 12.9. The van der Waals surface area contributed by atoms with E-state index >= 15 is 0 Å². The van der Waals surface area contributed by atoms with Crippen LogP contribution in [0.2, 0.25) is 0 Å². The summed E-state index contributed by atoms with van der Waals surface area (Å²) in [5, 5.41) is 5.81. The van der Waals surface area contributed by atoms with Gasteiger partial charge < -0.3 is 15.2 Å². The van der Waals surface area contributed by atoms with Gasteiger partial charge in [-0.05, 0) is 49.4 Å². The third-order valence-electron chi connectivity index (χ3n) is 5.11. The van der Waals surface area contributed by atoms with Crippen molar-refractivity contribution in [2.45, 2.75) is 39.3 Å². The quantitative estimate of drug-likeness (QED) is 0.702. The smallest absolute Gasteiger partial charge is 0.291 e. The maximum Gasteiger partial charge on any atom is 0.291 e. The van der Waals surface area contributed by atoms with Gasteiger partial charge in [0.2, 0.25) is 0 Å². The van der Waals surface area contributed by atoms with Crippen LogP contribution in [0.4, 0.5) is 5.69 Å². The minimum Gasteiger partial charge on any atom is -0.347 e. The van der Waals surface area contributed by atoms with Crippen LogP contribution >= 0.6 is 0 Å². The summed E-state index contributed by atoms with van der Waals surface area (Å²) in [7, 11) is 0. The molecule has 0 fully saturated rings. The Balaban J connectivity index is 1.57. The Labute approximate surface area is 169 Å². The number of para-hydroxylation sites is 1. The normalized spacial score (nSPS) is 12.9. The number of amides is 2. The van der Waals surface area contributed by atoms with E-state index in [0.29, 0.717) is 18.8 Å². The van der Waals surface area contributed by atoms with E-state index in [2.05, 4.69) is 20.6 Å². The molecule has 0 atom stereocenters. The molecule has 7 nitrogen and oxygen atoms in total. The van der Waals surface area contributed by atoms with Gasteiger partial charge in [-0.25, -0.2) is 4.98 Å². The third kappa shape index (κ3) is 4.03. The van der Waals surface area contributed by atoms with E-state index in [1.165, 1.54) is 0 Å². The first-order valence-corrected chi connectivity index (χ1v) is 9.77. The predicted molar refractivity (Wildman–Crippen MR) is 110 cm³/mol. The van der Waals surface area contributed by atoms with Gasteiger partial charge >= 0.3 is 0 Å². The average Bonchev–Trinajstić information content (AvgIpc) is 3.14. The monoisotopic (exact) mass is 389 g/mol. The SMILES string of the molecule is Cc1ccccc1NC(=O)c1nc(C(=O)NCc2cccnc2)c2n1CCCC2. The molecule has 1 aliphatic heterocycles. The number of benzene rings is 1. The van der Waals surface area contributed by atoms with Gasteiger partial charge in [0, 0.05) is 31.2 Å². The van der Waals surface area contributed by atoms with Crippen LogP contribution in [0.3, 0.4) is 0 Å². The summed E-state index contributed by atoms with van der Waals surface area (Å²) < 4.78 is 1.89. The summed E-state index contributed by atoms with van der Waals surface area (Å²) in [5.41, 5.74) is 3.79. The van der Waals surface area contributed by atoms with Gasteiger partial charge in [0.1, 0.15) is 5.69 Å². The number of aryl methyl sites for hydroxylation is 1. The molecule has 2 aromatic heterocycles. The number of fused-ring (bicyclic) bond motifs is 1. The van der Waals surface area contributed by atoms with Gasteiger partial charge in [-0.1, -0.05) is 24.3 Å². The fraction of sp³-hybridized carbons (Fsp3) is 0.273. The molecule has 148 valence electrons. The van der Waals surface area contributed by atoms with E-state index in [4.69, 9.17) is 0 Å². The fourth-order valence-corrected chi connectivity index (χ4v) is 3.56. The first-order valence-electron chi connectivity index (χ1n) is 9.77. The number of nitrogens with zero attached hydrogens (tertiary/aromatic N) is 3. The Morgan fingerprint density at radius 3 is 2.76 bits per heavy atom. The number of nitrogens with one attached hydrogen (secondary N) is 2. The van der Waals surface area contributed by atoms with Crippen molar-refractivity contribution in [1.82, 2.24) is 19.9 Å². The van der Waals surface area contributed by atoms with Crippen LogP contribution in [0.1, 0.15) is 50.8 Å². The van der Waals surface area contributed by atoms with Gasteiger partial charge in [-0.15, -0.1) is 0 Å². The summed E-state index contributed by atoms with van der Waals surface area (Å²) in [4.78, 5) is 34.2. The van der Waals surface area contributed by atoms with E-state index in [1.54, 1.807) is 12.4 Å². The zero-order chi connectivity index (χ0) is 20.2. The molecule has 2 N–H and O–H groups in total. The molecule has 0 unspecified atom stereocenters. The number of carbonyl (C=O) groups excluding carboxylic acids is 2. The first kappa shape index (κ1) is 18.9. The van der Waals surface area contributed by atoms with Crippen LogP contribution in [-0.2, 0) is 19.5 Å². The van der Waals surface area contributed by atoms with Crippen LogP contribution in [0.15, 0.2) is 48.8 Å². The molecular formula is C22H23N5O2. The largest absolute Gasteiger partial charge is 0.347 e. The van der Waals surface area contributed by atoms with Crippen LogP contribution in [0.25, 0.3) is 0 Å². The Hall–Kier alpha value is -3.48. The highest BCUT2D eigenvalue weighted by molar-refractivity contribution is 6.04. The summed E-state index contributed by atoms with van der Waals surface area (Å²) in [6.07, 6.45) is 6.08. The second-order valence-electron chi connectivity index (χ2n) is 7.15. The van der Waals surface area contributed by atoms with Crippen molar-refractivity contribution in [3.63, 3.8) is 0 Å². The Kier molecular flexibility index (Phi) is 5.37. The number of hydrogen-bond acceptors (Lipinski definition) is 4. The lowest BCUT2D eigenvalue weighted by molar-refractivity contribution is 0.0945. The lowest BCUT2D eigenvalue weighted by atomic mass is 10.1. The average molecular weight is 389 g/mol. The van der Waals surface area contributed by atoms with Crippen molar-refractivity contribution in [3.8, 4) is 0 Å². The van der Waals surface area contributed by atoms with Crippen molar-refractivity contribution < 1.29 is 9.59 Å². The van der Waals surface area contributed by atoms with Gasteiger partial charge in [0.15, 0.2) is 5.82 Å². The number of aromatic nitrogens is 3. The number of rotatable bonds is 5. The molecule has 1 aromatic carbocycles. The highest BCUT2D eigenvalue weighted by Crippen LogP contribution is 2.22. The lowest BCUT2D eigenvalue weighted by Gasteiger charge is -2.17. The second-order valence-corrected chi connectivity index (χ2v) is 7.15. The topological polar surface area (TPSA) is 88.9 Å². The number of carbonyl (C=O) groups is 2. The number of hydrogen-bond donors (Lipinski definition) is 2. The Bertz CT molecular complexity index is 1040. The minimum atomic E-state index is -0.297. The molecule has 0 saturated carbocycles. The van der Waals surface area contributed by atoms with Crippen LogP contribution < -0.4 is 10.6 Å². The molecule has 0 spiro atoms. The highest BCUT2D eigenvalue weighted by atomic mass is 16.2. The molecular weight excluding hydrogens is 366 g/mol. The maximum atomic E-state index is 12.9. The number of anilines is 1. The fourth-order valence-electron chi connectivity index (χ4n) is 3.56. The first-order chi connectivity index (χ1) is 14.1. The zero-order valence-electron chi connectivity index (χ0n) is 16.3. The summed E-state index contributed by atoms with van der Waals surface area (Å²) >= 11 is 0. The van der Waals surface area contributed by atoms with Gasteiger partial charge in [-0.3, -0.25) is 14.6 Å². The van der Waals surface area contributed by atoms with Gasteiger partial charge in [0.05, 0.1) is 5.69 Å². The summed E-state index contributed by atoms with van der Waals surface area (Å²) in [5.74, 6) is -0.280. The van der Waals surface area contributed by atoms with Crippen molar-refractivity contribution in [3.05, 3.63) is 77.1 Å². The van der Waals surface area contributed by atoms with Crippen LogP contribution in [0, 0.1) is 6.92 Å². The number of pyridine rings is 1. The van der Waals surface area contributed by atoms with Crippen molar-refractivity contribution in [1.29, 1.82) is 0 Å². The second kappa shape index (κ2) is 8.26. The molecule has 2 amide bonds. The van der Waals surface area contributed by atoms with Crippen LogP contribution in [-0.4, -0.2) is 26.3 Å². The molecule has 7 heteroatoms. The molecule has 0 bridgehead atoms. The molecule has 3 aromatic rings.